The molecule has 1 aromatic rings. The normalized spacial score (nSPS) is 21.4. The van der Waals surface area contributed by atoms with E-state index < -0.39 is 9.73 Å². The van der Waals surface area contributed by atoms with E-state index in [1.807, 2.05) is 0 Å². The lowest BCUT2D eigenvalue weighted by atomic mass is 9.58. The molecule has 0 amide bonds. The van der Waals surface area contributed by atoms with Crippen LogP contribution in [0.2, 0.25) is 0 Å². The highest BCUT2D eigenvalue weighted by Crippen LogP contribution is 2.52. The molecule has 1 aliphatic heterocycles. The number of hydrogen-bond donors (Lipinski definition) is 1. The molecule has 22 heavy (non-hydrogen) atoms. The van der Waals surface area contributed by atoms with E-state index in [4.69, 9.17) is 4.74 Å². The second-order valence-corrected chi connectivity index (χ2v) is 9.35. The highest BCUT2D eigenvalue weighted by atomic mass is 32.2. The third-order valence-electron chi connectivity index (χ3n) is 4.51. The molecule has 2 fully saturated rings. The van der Waals surface area contributed by atoms with E-state index in [0.717, 1.165) is 19.8 Å². The Balaban J connectivity index is 1.48. The largest absolute Gasteiger partial charge is 0.381 e. The summed E-state index contributed by atoms with van der Waals surface area (Å²) in [4.78, 5) is 8.47. The molecule has 2 aliphatic rings. The third-order valence-corrected chi connectivity index (χ3v) is 5.16. The van der Waals surface area contributed by atoms with Gasteiger partial charge in [-0.1, -0.05) is 0 Å². The van der Waals surface area contributed by atoms with Crippen LogP contribution in [0.1, 0.15) is 25.7 Å². The third kappa shape index (κ3) is 3.95. The lowest BCUT2D eigenvalue weighted by Gasteiger charge is -2.50. The van der Waals surface area contributed by atoms with Crippen LogP contribution in [0, 0.1) is 11.3 Å². The van der Waals surface area contributed by atoms with Gasteiger partial charge in [0, 0.05) is 42.0 Å². The molecular formula is C15H24N4O2S. The number of nitrogens with one attached hydrogen (secondary N) is 1. The molecule has 1 spiro atoms. The Morgan fingerprint density at radius 3 is 2.55 bits per heavy atom. The van der Waals surface area contributed by atoms with Crippen molar-refractivity contribution in [2.24, 2.45) is 15.7 Å². The van der Waals surface area contributed by atoms with E-state index in [0.29, 0.717) is 23.0 Å². The van der Waals surface area contributed by atoms with Crippen LogP contribution in [0.4, 0.5) is 11.6 Å². The van der Waals surface area contributed by atoms with Crippen LogP contribution in [0.3, 0.4) is 0 Å². The minimum atomic E-state index is -2.16. The molecule has 7 heteroatoms. The van der Waals surface area contributed by atoms with Gasteiger partial charge in [-0.3, -0.25) is 0 Å². The minimum Gasteiger partial charge on any atom is -0.381 e. The molecule has 0 atom stereocenters. The topological polar surface area (TPSA) is 76.5 Å². The Bertz CT molecular complexity index is 615. The van der Waals surface area contributed by atoms with Crippen molar-refractivity contribution in [3.8, 4) is 0 Å². The van der Waals surface area contributed by atoms with Gasteiger partial charge in [0.1, 0.15) is 5.69 Å². The summed E-state index contributed by atoms with van der Waals surface area (Å²) in [6.07, 6.45) is 11.4. The van der Waals surface area contributed by atoms with Crippen LogP contribution in [-0.4, -0.2) is 46.4 Å². The fourth-order valence-corrected chi connectivity index (χ4v) is 4.07. The van der Waals surface area contributed by atoms with Gasteiger partial charge in [0.15, 0.2) is 0 Å². The van der Waals surface area contributed by atoms with E-state index in [1.165, 1.54) is 25.7 Å². The van der Waals surface area contributed by atoms with Crippen molar-refractivity contribution in [2.75, 3.05) is 37.6 Å². The predicted octanol–water partition coefficient (Wildman–Crippen LogP) is 2.45. The van der Waals surface area contributed by atoms with Gasteiger partial charge in [-0.25, -0.2) is 14.2 Å². The number of ether oxygens (including phenoxy) is 1. The smallest absolute Gasteiger partial charge is 0.222 e. The zero-order chi connectivity index (χ0) is 15.6. The molecule has 1 N–H and O–H groups in total. The molecule has 3 rings (SSSR count). The van der Waals surface area contributed by atoms with E-state index in [2.05, 4.69) is 19.6 Å². The monoisotopic (exact) mass is 324 g/mol. The second-order valence-electron chi connectivity index (χ2n) is 6.80. The number of hydrogen-bond acceptors (Lipinski definition) is 6. The number of nitrogens with zero attached hydrogens (tertiary/aromatic N) is 3. The van der Waals surface area contributed by atoms with Crippen LogP contribution < -0.4 is 5.32 Å². The van der Waals surface area contributed by atoms with Crippen molar-refractivity contribution < 1.29 is 8.95 Å². The van der Waals surface area contributed by atoms with Crippen LogP contribution in [-0.2, 0) is 14.5 Å². The lowest BCUT2D eigenvalue weighted by Crippen LogP contribution is -2.44. The molecule has 122 valence electrons. The van der Waals surface area contributed by atoms with Crippen molar-refractivity contribution in [3.63, 3.8) is 0 Å². The Kier molecular flexibility index (Phi) is 4.36. The molecule has 2 heterocycles. The second kappa shape index (κ2) is 6.12. The molecule has 1 saturated heterocycles. The van der Waals surface area contributed by atoms with Gasteiger partial charge in [0.2, 0.25) is 5.95 Å². The fraction of sp³-hybridized carbons (Fsp3) is 0.733. The van der Waals surface area contributed by atoms with Gasteiger partial charge in [0.05, 0.1) is 12.4 Å². The van der Waals surface area contributed by atoms with Crippen molar-refractivity contribution in [1.82, 2.24) is 9.97 Å². The Morgan fingerprint density at radius 2 is 1.95 bits per heavy atom. The summed E-state index contributed by atoms with van der Waals surface area (Å²) in [6.45, 7) is 2.76. The minimum absolute atomic E-state index is 0.552. The van der Waals surface area contributed by atoms with Crippen LogP contribution >= 0.6 is 0 Å². The molecular weight excluding hydrogens is 300 g/mol. The van der Waals surface area contributed by atoms with Crippen LogP contribution in [0.5, 0.6) is 0 Å². The Labute approximate surface area is 132 Å². The summed E-state index contributed by atoms with van der Waals surface area (Å²) >= 11 is 0. The summed E-state index contributed by atoms with van der Waals surface area (Å²) in [5.74, 6) is 1.32. The van der Waals surface area contributed by atoms with Crippen molar-refractivity contribution in [1.29, 1.82) is 0 Å². The Hall–Kier alpha value is -1.21. The standard InChI is InChI=1S/C15H24N4O2S/c1-22(2,20)19-13-10-17-14(18-11-13)16-9-12-7-15(8-12)3-5-21-6-4-15/h10-12H,3-9H2,1-2H3,(H,16,17,18). The predicted molar refractivity (Wildman–Crippen MR) is 87.8 cm³/mol. The van der Waals surface area contributed by atoms with Crippen LogP contribution in [0.25, 0.3) is 0 Å². The van der Waals surface area contributed by atoms with Gasteiger partial charge in [-0.05, 0) is 37.0 Å². The molecule has 0 radical (unpaired) electrons. The zero-order valence-electron chi connectivity index (χ0n) is 13.2. The van der Waals surface area contributed by atoms with Gasteiger partial charge in [-0.2, -0.15) is 4.36 Å². The van der Waals surface area contributed by atoms with Crippen molar-refractivity contribution >= 4 is 21.4 Å². The number of aromatic nitrogens is 2. The first-order valence-electron chi connectivity index (χ1n) is 7.75. The summed E-state index contributed by atoms with van der Waals surface area (Å²) in [7, 11) is -2.16. The first-order chi connectivity index (χ1) is 10.4. The van der Waals surface area contributed by atoms with Crippen molar-refractivity contribution in [2.45, 2.75) is 25.7 Å². The summed E-state index contributed by atoms with van der Waals surface area (Å²) in [5, 5.41) is 3.29. The number of anilines is 1. The highest BCUT2D eigenvalue weighted by Gasteiger charge is 2.44. The molecule has 0 bridgehead atoms. The van der Waals surface area contributed by atoms with E-state index in [-0.39, 0.29) is 0 Å². The molecule has 1 saturated carbocycles. The van der Waals surface area contributed by atoms with E-state index in [1.54, 1.807) is 24.9 Å². The summed E-state index contributed by atoms with van der Waals surface area (Å²) < 4.78 is 21.1. The average molecular weight is 324 g/mol. The first-order valence-corrected chi connectivity index (χ1v) is 10.1. The molecule has 0 aromatic carbocycles. The van der Waals surface area contributed by atoms with E-state index >= 15 is 0 Å². The highest BCUT2D eigenvalue weighted by molar-refractivity contribution is 7.92. The Morgan fingerprint density at radius 1 is 1.32 bits per heavy atom. The van der Waals surface area contributed by atoms with E-state index in [9.17, 15) is 4.21 Å². The summed E-state index contributed by atoms with van der Waals surface area (Å²) in [5.41, 5.74) is 1.11. The van der Waals surface area contributed by atoms with Gasteiger partial charge >= 0.3 is 0 Å². The first kappa shape index (κ1) is 15.7. The summed E-state index contributed by atoms with van der Waals surface area (Å²) in [6, 6.07) is 0. The van der Waals surface area contributed by atoms with Gasteiger partial charge < -0.3 is 10.1 Å². The maximum absolute atomic E-state index is 11.6. The lowest BCUT2D eigenvalue weighted by molar-refractivity contribution is -0.0553. The zero-order valence-corrected chi connectivity index (χ0v) is 14.1. The van der Waals surface area contributed by atoms with Crippen molar-refractivity contribution in [3.05, 3.63) is 12.4 Å². The fourth-order valence-electron chi connectivity index (χ4n) is 3.47. The van der Waals surface area contributed by atoms with Crippen LogP contribution in [0.15, 0.2) is 16.8 Å². The maximum atomic E-state index is 11.6. The average Bonchev–Trinajstić information content (AvgIpc) is 2.44. The molecule has 6 nitrogen and oxygen atoms in total. The van der Waals surface area contributed by atoms with Gasteiger partial charge in [-0.15, -0.1) is 0 Å². The maximum Gasteiger partial charge on any atom is 0.222 e. The number of rotatable bonds is 4. The molecule has 1 aromatic heterocycles. The molecule has 0 unspecified atom stereocenters. The van der Waals surface area contributed by atoms with Gasteiger partial charge in [0.25, 0.3) is 0 Å². The quantitative estimate of drug-likeness (QED) is 0.920. The SMILES string of the molecule is CS(C)(=O)=Nc1cnc(NCC2CC3(CCOCC3)C2)nc1. The molecule has 1 aliphatic carbocycles.